The Morgan fingerprint density at radius 2 is 2.00 bits per heavy atom. The smallest absolute Gasteiger partial charge is 0.251 e. The molecule has 3 atom stereocenters. The van der Waals surface area contributed by atoms with Crippen LogP contribution in [0.25, 0.3) is 0 Å². The highest BCUT2D eigenvalue weighted by molar-refractivity contribution is 6.00. The molecule has 0 aromatic heterocycles. The number of benzene rings is 2. The first kappa shape index (κ1) is 29.3. The monoisotopic (exact) mass is 550 g/mol. The summed E-state index contributed by atoms with van der Waals surface area (Å²) < 4.78 is 10.6. The number of ether oxygens (including phenoxy) is 2. The lowest BCUT2D eigenvalue weighted by molar-refractivity contribution is -0.120. The first-order valence-corrected chi connectivity index (χ1v) is 13.7. The van der Waals surface area contributed by atoms with Crippen LogP contribution in [0.15, 0.2) is 60.4 Å². The van der Waals surface area contributed by atoms with Crippen LogP contribution < -0.4 is 20.9 Å². The van der Waals surface area contributed by atoms with Gasteiger partial charge in [-0.2, -0.15) is 0 Å². The minimum atomic E-state index is -0.955. The molecule has 2 heterocycles. The van der Waals surface area contributed by atoms with Crippen LogP contribution >= 0.6 is 0 Å². The Balaban J connectivity index is 1.46. The molecular weight excluding hydrogens is 512 g/mol. The number of ketones is 1. The molecular formula is C30H38N4O6. The molecule has 4 rings (SSSR count). The zero-order chi connectivity index (χ0) is 28.5. The first-order valence-electron chi connectivity index (χ1n) is 13.7. The van der Waals surface area contributed by atoms with Crippen molar-refractivity contribution in [1.82, 2.24) is 10.6 Å². The molecule has 40 heavy (non-hydrogen) atoms. The maximum atomic E-state index is 13.5. The van der Waals surface area contributed by atoms with E-state index in [9.17, 15) is 19.5 Å². The number of aliphatic hydroxyl groups is 1. The Labute approximate surface area is 234 Å². The fourth-order valence-electron chi connectivity index (χ4n) is 4.92. The van der Waals surface area contributed by atoms with Gasteiger partial charge in [0.05, 0.1) is 12.1 Å². The van der Waals surface area contributed by atoms with E-state index in [-0.39, 0.29) is 37.3 Å². The summed E-state index contributed by atoms with van der Waals surface area (Å²) in [6.45, 7) is 3.81. The van der Waals surface area contributed by atoms with E-state index in [1.165, 1.54) is 13.2 Å². The lowest BCUT2D eigenvalue weighted by Gasteiger charge is -2.26. The molecule has 0 spiro atoms. The molecule has 10 nitrogen and oxygen atoms in total. The summed E-state index contributed by atoms with van der Waals surface area (Å²) in [6.07, 6.45) is 1.47. The molecule has 2 aliphatic heterocycles. The molecule has 4 N–H and O–H groups in total. The molecule has 2 aliphatic rings. The number of hydrogen-bond acceptors (Lipinski definition) is 8. The van der Waals surface area contributed by atoms with E-state index in [4.69, 9.17) is 9.47 Å². The quantitative estimate of drug-likeness (QED) is 0.281. The van der Waals surface area contributed by atoms with E-state index in [1.807, 2.05) is 43.3 Å². The average Bonchev–Trinajstić information content (AvgIpc) is 3.53. The normalized spacial score (nSPS) is 18.3. The molecule has 0 aliphatic carbocycles. The number of nitrogens with one attached hydrogen (secondary N) is 3. The minimum absolute atomic E-state index is 0.0396. The molecule has 0 saturated carbocycles. The van der Waals surface area contributed by atoms with Crippen molar-refractivity contribution in [2.24, 2.45) is 0 Å². The highest BCUT2D eigenvalue weighted by Gasteiger charge is 2.28. The molecule has 2 amide bonds. The third-order valence-electron chi connectivity index (χ3n) is 6.91. The summed E-state index contributed by atoms with van der Waals surface area (Å²) in [7, 11) is 1.53. The van der Waals surface area contributed by atoms with Crippen molar-refractivity contribution in [2.45, 2.75) is 44.4 Å². The Morgan fingerprint density at radius 3 is 2.70 bits per heavy atom. The topological polar surface area (TPSA) is 129 Å². The van der Waals surface area contributed by atoms with Gasteiger partial charge in [-0.1, -0.05) is 30.3 Å². The first-order chi connectivity index (χ1) is 19.4. The van der Waals surface area contributed by atoms with E-state index in [0.717, 1.165) is 17.7 Å². The van der Waals surface area contributed by atoms with E-state index >= 15 is 0 Å². The van der Waals surface area contributed by atoms with Gasteiger partial charge in [0.1, 0.15) is 12.4 Å². The lowest BCUT2D eigenvalue weighted by Crippen LogP contribution is -2.49. The molecule has 2 aromatic carbocycles. The average molecular weight is 551 g/mol. The highest BCUT2D eigenvalue weighted by Crippen LogP contribution is 2.27. The predicted octanol–water partition coefficient (Wildman–Crippen LogP) is 2.04. The van der Waals surface area contributed by atoms with Gasteiger partial charge in [-0.05, 0) is 43.5 Å². The van der Waals surface area contributed by atoms with Crippen LogP contribution in [-0.2, 0) is 25.5 Å². The van der Waals surface area contributed by atoms with Gasteiger partial charge in [0.25, 0.3) is 5.91 Å². The largest absolute Gasteiger partial charge is 0.483 e. The Bertz CT molecular complexity index is 1220. The second-order valence-electron chi connectivity index (χ2n) is 10.00. The Hall–Kier alpha value is -3.73. The van der Waals surface area contributed by atoms with Gasteiger partial charge in [0.15, 0.2) is 6.10 Å². The number of aliphatic hydroxyl groups excluding tert-OH is 1. The fraction of sp³-hybridized carbons (Fsp3) is 0.433. The summed E-state index contributed by atoms with van der Waals surface area (Å²) in [5.41, 5.74) is 2.78. The number of amides is 2. The van der Waals surface area contributed by atoms with Crippen LogP contribution in [0.4, 0.5) is 11.4 Å². The number of anilines is 2. The third kappa shape index (κ3) is 7.68. The summed E-state index contributed by atoms with van der Waals surface area (Å²) in [5, 5.41) is 20.5. The van der Waals surface area contributed by atoms with Gasteiger partial charge >= 0.3 is 0 Å². The van der Waals surface area contributed by atoms with Crippen molar-refractivity contribution in [2.75, 3.05) is 50.1 Å². The molecule has 10 heteroatoms. The molecule has 214 valence electrons. The molecule has 1 fully saturated rings. The Morgan fingerprint density at radius 1 is 1.20 bits per heavy atom. The molecule has 2 aromatic rings. The summed E-state index contributed by atoms with van der Waals surface area (Å²) in [6, 6.07) is 14.3. The van der Waals surface area contributed by atoms with Crippen molar-refractivity contribution in [1.29, 1.82) is 0 Å². The zero-order valence-corrected chi connectivity index (χ0v) is 23.0. The number of rotatable bonds is 14. The van der Waals surface area contributed by atoms with Crippen molar-refractivity contribution >= 4 is 29.0 Å². The van der Waals surface area contributed by atoms with Crippen LogP contribution in [0.2, 0.25) is 0 Å². The zero-order valence-electron chi connectivity index (χ0n) is 23.0. The van der Waals surface area contributed by atoms with Gasteiger partial charge in [-0.25, -0.2) is 0 Å². The maximum Gasteiger partial charge on any atom is 0.251 e. The van der Waals surface area contributed by atoms with Crippen molar-refractivity contribution in [3.63, 3.8) is 0 Å². The van der Waals surface area contributed by atoms with Gasteiger partial charge in [0, 0.05) is 62.7 Å². The molecule has 1 saturated heterocycles. The minimum Gasteiger partial charge on any atom is -0.483 e. The summed E-state index contributed by atoms with van der Waals surface area (Å²) in [4.78, 5) is 39.8. The summed E-state index contributed by atoms with van der Waals surface area (Å²) >= 11 is 0. The maximum absolute atomic E-state index is 13.5. The summed E-state index contributed by atoms with van der Waals surface area (Å²) in [5.74, 6) is 0.00737. The number of methoxy groups -OCH3 is 1. The van der Waals surface area contributed by atoms with E-state index in [2.05, 4.69) is 16.0 Å². The van der Waals surface area contributed by atoms with Crippen LogP contribution in [0.3, 0.4) is 0 Å². The predicted molar refractivity (Wildman–Crippen MR) is 152 cm³/mol. The highest BCUT2D eigenvalue weighted by atomic mass is 16.5. The second kappa shape index (κ2) is 14.1. The molecule has 1 unspecified atom stereocenters. The number of carbonyl (C=O) groups excluding carboxylic acids is 3. The van der Waals surface area contributed by atoms with Crippen LogP contribution in [0, 0.1) is 0 Å². The number of nitrogens with zero attached hydrogens (tertiary/aromatic N) is 1. The van der Waals surface area contributed by atoms with Gasteiger partial charge in [-0.3, -0.25) is 14.4 Å². The van der Waals surface area contributed by atoms with Gasteiger partial charge in [0.2, 0.25) is 11.7 Å². The standard InChI is InChI=1S/C30H38N4O6/c1-3-32-22-13-21(14-23(15-22)34-11-7-10-29(34)37)30(38)33-25(12-20-8-5-4-6-9-20)27(36)17-31-18-28-26(35)16-24(40-28)19-39-2/h4-6,8-9,13-16,25,27-28,31-32,36H,3,7,10-12,17-19H2,1-2H3,(H,33,38)/t25-,27+,28?/m0/s1. The second-order valence-corrected chi connectivity index (χ2v) is 10.00. The van der Waals surface area contributed by atoms with Crippen molar-refractivity contribution in [3.05, 3.63) is 71.5 Å². The van der Waals surface area contributed by atoms with E-state index in [1.54, 1.807) is 17.0 Å². The Kier molecular flexibility index (Phi) is 10.3. The van der Waals surface area contributed by atoms with Crippen molar-refractivity contribution in [3.8, 4) is 0 Å². The lowest BCUT2D eigenvalue weighted by atomic mass is 10.00. The van der Waals surface area contributed by atoms with E-state index < -0.39 is 18.2 Å². The van der Waals surface area contributed by atoms with Gasteiger partial charge in [-0.15, -0.1) is 0 Å². The SMILES string of the molecule is CCNc1cc(C(=O)N[C@@H](Cc2ccccc2)[C@H](O)CNCC2OC(COC)=CC2=O)cc(N2CCCC2=O)c1. The molecule has 0 radical (unpaired) electrons. The number of hydrogen-bond donors (Lipinski definition) is 4. The van der Waals surface area contributed by atoms with E-state index in [0.29, 0.717) is 42.9 Å². The molecule has 0 bridgehead atoms. The van der Waals surface area contributed by atoms with Crippen LogP contribution in [-0.4, -0.2) is 80.8 Å². The fourth-order valence-corrected chi connectivity index (χ4v) is 4.92. The van der Waals surface area contributed by atoms with Crippen LogP contribution in [0.1, 0.15) is 35.7 Å². The van der Waals surface area contributed by atoms with Crippen LogP contribution in [0.5, 0.6) is 0 Å². The third-order valence-corrected chi connectivity index (χ3v) is 6.91. The van der Waals surface area contributed by atoms with Gasteiger partial charge < -0.3 is 35.4 Å². The van der Waals surface area contributed by atoms with Crippen molar-refractivity contribution < 1.29 is 29.0 Å². The number of carbonyl (C=O) groups is 3.